The van der Waals surface area contributed by atoms with Crippen LogP contribution in [0, 0.1) is 5.92 Å². The largest absolute Gasteiger partial charge is 0.479 e. The zero-order valence-electron chi connectivity index (χ0n) is 17.5. The Labute approximate surface area is 179 Å². The first-order valence-electron chi connectivity index (χ1n) is 10.5. The standard InChI is InChI=1S/C24H31ClN2O2/c1-4-22(29-23-8-6-5-7-21(23)25)24(28)26-18(3)19-9-11-20(12-10-19)27-15-13-17(2)14-16-27/h5-12,17-18,22H,4,13-16H2,1-3H3,(H,26,28)/t18-,22-/m0/s1. The Bertz CT molecular complexity index is 801. The van der Waals surface area contributed by atoms with E-state index in [2.05, 4.69) is 41.4 Å². The van der Waals surface area contributed by atoms with Gasteiger partial charge in [0, 0.05) is 18.8 Å². The summed E-state index contributed by atoms with van der Waals surface area (Å²) in [5.41, 5.74) is 2.34. The Morgan fingerprint density at radius 2 is 1.83 bits per heavy atom. The Kier molecular flexibility index (Phi) is 7.43. The molecule has 0 spiro atoms. The van der Waals surface area contributed by atoms with E-state index >= 15 is 0 Å². The Morgan fingerprint density at radius 3 is 2.45 bits per heavy atom. The number of carbonyl (C=O) groups is 1. The second kappa shape index (κ2) is 10.0. The summed E-state index contributed by atoms with van der Waals surface area (Å²) in [6, 6.07) is 15.7. The highest BCUT2D eigenvalue weighted by Crippen LogP contribution is 2.26. The maximum Gasteiger partial charge on any atom is 0.261 e. The van der Waals surface area contributed by atoms with Crippen LogP contribution in [0.15, 0.2) is 48.5 Å². The average Bonchev–Trinajstić information content (AvgIpc) is 2.73. The number of rotatable bonds is 7. The van der Waals surface area contributed by atoms with E-state index in [0.29, 0.717) is 17.2 Å². The Morgan fingerprint density at radius 1 is 1.17 bits per heavy atom. The molecule has 2 aromatic carbocycles. The number of halogens is 1. The summed E-state index contributed by atoms with van der Waals surface area (Å²) < 4.78 is 5.85. The number of hydrogen-bond donors (Lipinski definition) is 1. The zero-order chi connectivity index (χ0) is 20.8. The number of piperidine rings is 1. The Balaban J connectivity index is 1.59. The van der Waals surface area contributed by atoms with Gasteiger partial charge in [-0.05, 0) is 61.9 Å². The molecule has 1 aliphatic rings. The third-order valence-electron chi connectivity index (χ3n) is 5.67. The van der Waals surface area contributed by atoms with E-state index in [0.717, 1.165) is 24.6 Å². The van der Waals surface area contributed by atoms with Gasteiger partial charge in [0.1, 0.15) is 5.75 Å². The minimum absolute atomic E-state index is 0.0955. The average molecular weight is 415 g/mol. The van der Waals surface area contributed by atoms with Crippen molar-refractivity contribution in [2.45, 2.75) is 52.2 Å². The van der Waals surface area contributed by atoms with Crippen LogP contribution in [0.25, 0.3) is 0 Å². The van der Waals surface area contributed by atoms with Crippen molar-refractivity contribution < 1.29 is 9.53 Å². The number of anilines is 1. The molecule has 1 amide bonds. The van der Waals surface area contributed by atoms with Crippen LogP contribution in [-0.4, -0.2) is 25.1 Å². The fourth-order valence-electron chi connectivity index (χ4n) is 3.65. The smallest absolute Gasteiger partial charge is 0.261 e. The number of benzene rings is 2. The lowest BCUT2D eigenvalue weighted by molar-refractivity contribution is -0.128. The normalized spacial score (nSPS) is 16.9. The van der Waals surface area contributed by atoms with Crippen molar-refractivity contribution in [2.75, 3.05) is 18.0 Å². The molecule has 0 aromatic heterocycles. The number of nitrogens with zero attached hydrogens (tertiary/aromatic N) is 1. The predicted octanol–water partition coefficient (Wildman–Crippen LogP) is 5.61. The molecule has 0 unspecified atom stereocenters. The minimum atomic E-state index is -0.577. The number of hydrogen-bond acceptors (Lipinski definition) is 3. The van der Waals surface area contributed by atoms with Crippen LogP contribution >= 0.6 is 11.6 Å². The lowest BCUT2D eigenvalue weighted by atomic mass is 9.98. The second-order valence-electron chi connectivity index (χ2n) is 7.94. The van der Waals surface area contributed by atoms with E-state index in [1.807, 2.05) is 26.0 Å². The van der Waals surface area contributed by atoms with Crippen molar-refractivity contribution in [3.8, 4) is 5.75 Å². The van der Waals surface area contributed by atoms with Crippen LogP contribution in [0.3, 0.4) is 0 Å². The fourth-order valence-corrected chi connectivity index (χ4v) is 3.83. The molecule has 0 bridgehead atoms. The van der Waals surface area contributed by atoms with Crippen molar-refractivity contribution in [1.82, 2.24) is 5.32 Å². The first-order chi connectivity index (χ1) is 14.0. The van der Waals surface area contributed by atoms with E-state index in [4.69, 9.17) is 16.3 Å². The maximum absolute atomic E-state index is 12.7. The Hall–Kier alpha value is -2.20. The van der Waals surface area contributed by atoms with E-state index in [-0.39, 0.29) is 11.9 Å². The van der Waals surface area contributed by atoms with Crippen molar-refractivity contribution in [3.05, 3.63) is 59.1 Å². The molecule has 1 aliphatic heterocycles. The van der Waals surface area contributed by atoms with Crippen LogP contribution in [-0.2, 0) is 4.79 Å². The van der Waals surface area contributed by atoms with Gasteiger partial charge in [-0.15, -0.1) is 0 Å². The van der Waals surface area contributed by atoms with Gasteiger partial charge >= 0.3 is 0 Å². The highest BCUT2D eigenvalue weighted by atomic mass is 35.5. The van der Waals surface area contributed by atoms with Gasteiger partial charge in [-0.2, -0.15) is 0 Å². The van der Waals surface area contributed by atoms with Gasteiger partial charge in [-0.1, -0.05) is 49.7 Å². The monoisotopic (exact) mass is 414 g/mol. The summed E-state index contributed by atoms with van der Waals surface area (Å²) >= 11 is 6.16. The lowest BCUT2D eigenvalue weighted by Crippen LogP contribution is -2.39. The third-order valence-corrected chi connectivity index (χ3v) is 5.98. The molecule has 1 heterocycles. The molecule has 0 saturated carbocycles. The van der Waals surface area contributed by atoms with Gasteiger partial charge in [-0.25, -0.2) is 0 Å². The van der Waals surface area contributed by atoms with E-state index < -0.39 is 6.10 Å². The number of nitrogens with one attached hydrogen (secondary N) is 1. The lowest BCUT2D eigenvalue weighted by Gasteiger charge is -2.32. The summed E-state index contributed by atoms with van der Waals surface area (Å²) in [5.74, 6) is 1.22. The van der Waals surface area contributed by atoms with E-state index in [9.17, 15) is 4.79 Å². The molecular weight excluding hydrogens is 384 g/mol. The van der Waals surface area contributed by atoms with Gasteiger partial charge in [0.15, 0.2) is 6.10 Å². The molecule has 1 N–H and O–H groups in total. The van der Waals surface area contributed by atoms with Gasteiger partial charge in [-0.3, -0.25) is 4.79 Å². The number of carbonyl (C=O) groups excluding carboxylic acids is 1. The SMILES string of the molecule is CC[C@H](Oc1ccccc1Cl)C(=O)N[C@@H](C)c1ccc(N2CCC(C)CC2)cc1. The molecule has 156 valence electrons. The molecule has 5 heteroatoms. The van der Waals surface area contributed by atoms with Gasteiger partial charge in [0.05, 0.1) is 11.1 Å². The topological polar surface area (TPSA) is 41.6 Å². The number of amides is 1. The molecule has 3 rings (SSSR count). The van der Waals surface area contributed by atoms with Gasteiger partial charge in [0.2, 0.25) is 0 Å². The molecule has 2 atom stereocenters. The first kappa shape index (κ1) is 21.5. The van der Waals surface area contributed by atoms with E-state index in [1.54, 1.807) is 12.1 Å². The van der Waals surface area contributed by atoms with Crippen molar-refractivity contribution >= 4 is 23.2 Å². The molecule has 0 radical (unpaired) electrons. The van der Waals surface area contributed by atoms with Gasteiger partial charge < -0.3 is 15.0 Å². The summed E-state index contributed by atoms with van der Waals surface area (Å²) in [6.07, 6.45) is 2.48. The van der Waals surface area contributed by atoms with Gasteiger partial charge in [0.25, 0.3) is 5.91 Å². The predicted molar refractivity (Wildman–Crippen MR) is 120 cm³/mol. The summed E-state index contributed by atoms with van der Waals surface area (Å²) in [7, 11) is 0. The molecule has 29 heavy (non-hydrogen) atoms. The molecule has 1 fully saturated rings. The summed E-state index contributed by atoms with van der Waals surface area (Å²) in [4.78, 5) is 15.2. The van der Waals surface area contributed by atoms with Crippen LogP contribution < -0.4 is 15.0 Å². The van der Waals surface area contributed by atoms with Crippen LogP contribution in [0.1, 0.15) is 51.6 Å². The van der Waals surface area contributed by atoms with Crippen LogP contribution in [0.5, 0.6) is 5.75 Å². The quantitative estimate of drug-likeness (QED) is 0.640. The highest BCUT2D eigenvalue weighted by molar-refractivity contribution is 6.32. The van der Waals surface area contributed by atoms with Crippen molar-refractivity contribution in [1.29, 1.82) is 0 Å². The van der Waals surface area contributed by atoms with Crippen LogP contribution in [0.4, 0.5) is 5.69 Å². The summed E-state index contributed by atoms with van der Waals surface area (Å²) in [6.45, 7) is 8.48. The zero-order valence-corrected chi connectivity index (χ0v) is 18.3. The molecule has 1 saturated heterocycles. The third kappa shape index (κ3) is 5.66. The molecule has 2 aromatic rings. The summed E-state index contributed by atoms with van der Waals surface area (Å²) in [5, 5.41) is 3.58. The first-order valence-corrected chi connectivity index (χ1v) is 10.9. The molecular formula is C24H31ClN2O2. The molecule has 0 aliphatic carbocycles. The van der Waals surface area contributed by atoms with Crippen molar-refractivity contribution in [3.63, 3.8) is 0 Å². The molecule has 4 nitrogen and oxygen atoms in total. The highest BCUT2D eigenvalue weighted by Gasteiger charge is 2.22. The maximum atomic E-state index is 12.7. The van der Waals surface area contributed by atoms with Crippen LogP contribution in [0.2, 0.25) is 5.02 Å². The van der Waals surface area contributed by atoms with Crippen molar-refractivity contribution in [2.24, 2.45) is 5.92 Å². The minimum Gasteiger partial charge on any atom is -0.479 e. The number of ether oxygens (including phenoxy) is 1. The second-order valence-corrected chi connectivity index (χ2v) is 8.34. The fraction of sp³-hybridized carbons (Fsp3) is 0.458. The van der Waals surface area contributed by atoms with E-state index in [1.165, 1.54) is 18.5 Å². The number of para-hydroxylation sites is 1.